The van der Waals surface area contributed by atoms with Crippen LogP contribution in [0.1, 0.15) is 16.7 Å². The molecule has 12 heteroatoms. The third-order valence-corrected chi connectivity index (χ3v) is 4.85. The molecule has 1 atom stereocenters. The first-order valence-corrected chi connectivity index (χ1v) is 9.64. The van der Waals surface area contributed by atoms with Crippen molar-refractivity contribution in [1.82, 2.24) is 4.98 Å². The van der Waals surface area contributed by atoms with E-state index in [-0.39, 0.29) is 5.88 Å². The third kappa shape index (κ3) is 9.58. The molecule has 1 heterocycles. The second-order valence-electron chi connectivity index (χ2n) is 3.54. The van der Waals surface area contributed by atoms with E-state index < -0.39 is 37.8 Å². The molecule has 1 aromatic heterocycles. The molecule has 0 spiro atoms. The summed E-state index contributed by atoms with van der Waals surface area (Å²) in [7, 11) is -8.59. The van der Waals surface area contributed by atoms with E-state index in [2.05, 4.69) is 4.98 Å². The number of thiazole rings is 1. The van der Waals surface area contributed by atoms with Crippen LogP contribution in [0.2, 0.25) is 0 Å². The Morgan fingerprint density at radius 2 is 1.70 bits per heavy atom. The molecule has 0 aromatic carbocycles. The van der Waals surface area contributed by atoms with Crippen molar-refractivity contribution < 1.29 is 31.0 Å². The zero-order valence-corrected chi connectivity index (χ0v) is 13.5. The Kier molecular flexibility index (Phi) is 8.09. The summed E-state index contributed by atoms with van der Waals surface area (Å²) in [5.41, 5.74) is 2.58. The molecule has 1 aromatic rings. The Labute approximate surface area is 125 Å². The third-order valence-electron chi connectivity index (χ3n) is 1.83. The van der Waals surface area contributed by atoms with Crippen LogP contribution >= 0.6 is 22.9 Å². The maximum absolute atomic E-state index is 9.86. The molecule has 0 saturated heterocycles. The van der Waals surface area contributed by atoms with Gasteiger partial charge < -0.3 is 5.11 Å². The number of hydrogen-bond acceptors (Lipinski definition) is 7. The van der Waals surface area contributed by atoms with Crippen molar-refractivity contribution in [3.05, 3.63) is 16.1 Å². The summed E-state index contributed by atoms with van der Waals surface area (Å²) in [6, 6.07) is 0. The monoisotopic (exact) mass is 367 g/mol. The maximum Gasteiger partial charge on any atom is 0.265 e. The summed E-state index contributed by atoms with van der Waals surface area (Å²) >= 11 is 6.88. The van der Waals surface area contributed by atoms with Gasteiger partial charge in [-0.15, -0.1) is 22.9 Å². The zero-order chi connectivity index (χ0) is 16.0. The van der Waals surface area contributed by atoms with Gasteiger partial charge in [-0.3, -0.25) is 9.11 Å². The van der Waals surface area contributed by atoms with Crippen LogP contribution in [0.15, 0.2) is 5.51 Å². The SMILES string of the molecule is Cc1ncsc1C(O)CCl.O=S(=O)(O)CCS(=O)(=O)O. The van der Waals surface area contributed by atoms with E-state index >= 15 is 0 Å². The lowest BCUT2D eigenvalue weighted by atomic mass is 10.3. The summed E-state index contributed by atoms with van der Waals surface area (Å²) in [5.74, 6) is -1.72. The van der Waals surface area contributed by atoms with Gasteiger partial charge in [0.05, 0.1) is 33.5 Å². The minimum absolute atomic E-state index is 0.239. The van der Waals surface area contributed by atoms with E-state index in [1.165, 1.54) is 11.3 Å². The Balaban J connectivity index is 0.000000361. The quantitative estimate of drug-likeness (QED) is 0.504. The van der Waals surface area contributed by atoms with Gasteiger partial charge in [-0.25, -0.2) is 4.98 Å². The van der Waals surface area contributed by atoms with Crippen LogP contribution in [0.4, 0.5) is 0 Å². The fraction of sp³-hybridized carbons (Fsp3) is 0.625. The van der Waals surface area contributed by atoms with E-state index in [9.17, 15) is 21.9 Å². The molecule has 0 aliphatic carbocycles. The van der Waals surface area contributed by atoms with Crippen molar-refractivity contribution in [3.8, 4) is 0 Å². The molecule has 0 amide bonds. The van der Waals surface area contributed by atoms with E-state index in [1.807, 2.05) is 6.92 Å². The molecular formula is C8H14ClNO7S3. The van der Waals surface area contributed by atoms with Crippen LogP contribution in [0.3, 0.4) is 0 Å². The Hall–Kier alpha value is -0.300. The number of aliphatic hydroxyl groups excluding tert-OH is 1. The second-order valence-corrected chi connectivity index (χ2v) is 7.88. The summed E-state index contributed by atoms with van der Waals surface area (Å²) in [4.78, 5) is 4.86. The lowest BCUT2D eigenvalue weighted by molar-refractivity contribution is 0.205. The summed E-state index contributed by atoms with van der Waals surface area (Å²) in [6.45, 7) is 1.86. The second kappa shape index (κ2) is 8.22. The first-order chi connectivity index (χ1) is 8.96. The Bertz CT molecular complexity index is 578. The first kappa shape index (κ1) is 19.7. The lowest BCUT2D eigenvalue weighted by Gasteiger charge is -2.02. The molecule has 0 fully saturated rings. The standard InChI is InChI=1S/C6H8ClNOS.C2H6O6S2/c1-4-6(5(9)2-7)10-3-8-4;3-9(4,5)1-2-10(6,7)8/h3,5,9H,2H2,1H3;1-2H2,(H,3,4,5)(H,6,7,8). The van der Waals surface area contributed by atoms with E-state index in [1.54, 1.807) is 5.51 Å². The smallest absolute Gasteiger partial charge is 0.265 e. The van der Waals surface area contributed by atoms with Crippen LogP contribution in [0.25, 0.3) is 0 Å². The number of aliphatic hydroxyl groups is 1. The number of halogens is 1. The highest BCUT2D eigenvalue weighted by atomic mass is 35.5. The fourth-order valence-corrected chi connectivity index (χ4v) is 3.63. The fourth-order valence-electron chi connectivity index (χ4n) is 0.911. The minimum Gasteiger partial charge on any atom is -0.386 e. The van der Waals surface area contributed by atoms with Crippen molar-refractivity contribution >= 4 is 43.2 Å². The van der Waals surface area contributed by atoms with Gasteiger partial charge in [0.25, 0.3) is 20.2 Å². The van der Waals surface area contributed by atoms with E-state index in [0.29, 0.717) is 0 Å². The number of aryl methyl sites for hydroxylation is 1. The number of aromatic nitrogens is 1. The minimum atomic E-state index is -4.30. The van der Waals surface area contributed by atoms with Gasteiger partial charge in [-0.2, -0.15) is 16.8 Å². The molecule has 3 N–H and O–H groups in total. The molecule has 8 nitrogen and oxygen atoms in total. The van der Waals surface area contributed by atoms with Gasteiger partial charge in [0.2, 0.25) is 0 Å². The van der Waals surface area contributed by atoms with Gasteiger partial charge in [0, 0.05) is 0 Å². The van der Waals surface area contributed by atoms with Crippen molar-refractivity contribution in [1.29, 1.82) is 0 Å². The predicted molar refractivity (Wildman–Crippen MR) is 75.4 cm³/mol. The average molecular weight is 368 g/mol. The normalized spacial score (nSPS) is 13.4. The molecule has 0 aliphatic rings. The van der Waals surface area contributed by atoms with Crippen molar-refractivity contribution in [2.75, 3.05) is 17.4 Å². The Morgan fingerprint density at radius 1 is 1.25 bits per heavy atom. The molecule has 0 radical (unpaired) electrons. The van der Waals surface area contributed by atoms with Gasteiger partial charge >= 0.3 is 0 Å². The summed E-state index contributed by atoms with van der Waals surface area (Å²) < 4.78 is 55.4. The molecule has 118 valence electrons. The van der Waals surface area contributed by atoms with Crippen molar-refractivity contribution in [2.24, 2.45) is 0 Å². The van der Waals surface area contributed by atoms with Crippen LogP contribution in [0, 0.1) is 6.92 Å². The number of nitrogens with zero attached hydrogens (tertiary/aromatic N) is 1. The van der Waals surface area contributed by atoms with Crippen molar-refractivity contribution in [3.63, 3.8) is 0 Å². The molecule has 1 rings (SSSR count). The highest BCUT2D eigenvalue weighted by Gasteiger charge is 2.11. The van der Waals surface area contributed by atoms with Crippen molar-refractivity contribution in [2.45, 2.75) is 13.0 Å². The topological polar surface area (TPSA) is 142 Å². The van der Waals surface area contributed by atoms with Gasteiger partial charge in [-0.1, -0.05) is 0 Å². The van der Waals surface area contributed by atoms with Gasteiger partial charge in [0.15, 0.2) is 0 Å². The van der Waals surface area contributed by atoms with E-state index in [4.69, 9.17) is 20.7 Å². The maximum atomic E-state index is 9.86. The van der Waals surface area contributed by atoms with E-state index in [0.717, 1.165) is 10.6 Å². The molecular weight excluding hydrogens is 354 g/mol. The largest absolute Gasteiger partial charge is 0.386 e. The van der Waals surface area contributed by atoms with Crippen LogP contribution in [-0.4, -0.2) is 53.4 Å². The molecule has 0 saturated carbocycles. The molecule has 0 aliphatic heterocycles. The number of hydrogen-bond donors (Lipinski definition) is 3. The van der Waals surface area contributed by atoms with Crippen LogP contribution in [-0.2, 0) is 20.2 Å². The van der Waals surface area contributed by atoms with Gasteiger partial charge in [-0.05, 0) is 6.92 Å². The van der Waals surface area contributed by atoms with Gasteiger partial charge in [0.1, 0.15) is 6.10 Å². The highest BCUT2D eigenvalue weighted by Crippen LogP contribution is 2.21. The first-order valence-electron chi connectivity index (χ1n) is 5.00. The lowest BCUT2D eigenvalue weighted by Crippen LogP contribution is -2.15. The summed E-state index contributed by atoms with van der Waals surface area (Å²) in [5, 5.41) is 9.24. The zero-order valence-electron chi connectivity index (χ0n) is 10.3. The number of rotatable bonds is 5. The van der Waals surface area contributed by atoms with Crippen LogP contribution in [0.5, 0.6) is 0 Å². The average Bonchev–Trinajstić information content (AvgIpc) is 2.71. The predicted octanol–water partition coefficient (Wildman–Crippen LogP) is 0.486. The molecule has 20 heavy (non-hydrogen) atoms. The number of alkyl halides is 1. The molecule has 0 bridgehead atoms. The summed E-state index contributed by atoms with van der Waals surface area (Å²) in [6.07, 6.45) is -0.547. The van der Waals surface area contributed by atoms with Crippen LogP contribution < -0.4 is 0 Å². The highest BCUT2D eigenvalue weighted by molar-refractivity contribution is 7.89. The Morgan fingerprint density at radius 3 is 1.95 bits per heavy atom. The molecule has 1 unspecified atom stereocenters.